The highest BCUT2D eigenvalue weighted by Crippen LogP contribution is 2.54. The maximum absolute atomic E-state index is 14.6. The molecular weight excluding hydrogens is 1640 g/mol. The molecule has 3 heterocycles. The van der Waals surface area contributed by atoms with Gasteiger partial charge in [0.05, 0.1) is 96.5 Å². The number of benzene rings is 1. The van der Waals surface area contributed by atoms with Crippen LogP contribution in [0, 0.1) is 28.6 Å². The van der Waals surface area contributed by atoms with Gasteiger partial charge in [0.25, 0.3) is 5.91 Å². The number of aliphatic hydroxyl groups excluding tert-OH is 1. The summed E-state index contributed by atoms with van der Waals surface area (Å²) in [6.07, 6.45) is 58.0. The highest BCUT2D eigenvalue weighted by molar-refractivity contribution is 8.09. The summed E-state index contributed by atoms with van der Waals surface area (Å²) >= 11 is 11.7. The van der Waals surface area contributed by atoms with Gasteiger partial charge >= 0.3 is 18.7 Å². The lowest BCUT2D eigenvalue weighted by Crippen LogP contribution is -2.52. The molecule has 3 aliphatic heterocycles. The van der Waals surface area contributed by atoms with Gasteiger partial charge in [0.2, 0.25) is 31.4 Å². The number of rotatable bonds is 81. The second kappa shape index (κ2) is 71.0. The Bertz CT molecular complexity index is 3260. The van der Waals surface area contributed by atoms with Gasteiger partial charge in [0.1, 0.15) is 25.4 Å². The Morgan fingerprint density at radius 2 is 1.02 bits per heavy atom. The number of methoxy groups -OCH3 is 1. The number of aliphatic hydroxyl groups is 1. The van der Waals surface area contributed by atoms with Gasteiger partial charge < -0.3 is 66.2 Å². The van der Waals surface area contributed by atoms with Gasteiger partial charge in [-0.05, 0) is 67.9 Å². The van der Waals surface area contributed by atoms with E-state index in [2.05, 4.69) is 36.2 Å². The zero-order valence-corrected chi connectivity index (χ0v) is 80.7. The number of likely N-dealkylation sites (N-methyl/N-ethyl adjacent to an activating group) is 1. The molecule has 1 fully saturated rings. The van der Waals surface area contributed by atoms with E-state index in [1.54, 1.807) is 44.6 Å². The first kappa shape index (κ1) is 105. The van der Waals surface area contributed by atoms with Gasteiger partial charge in [0.15, 0.2) is 29.9 Å². The summed E-state index contributed by atoms with van der Waals surface area (Å²) < 4.78 is 102. The summed E-state index contributed by atoms with van der Waals surface area (Å²) in [5.74, 6) is -1.02. The fraction of sp³-hybridized carbons (Fsp3) is 0.840. The third kappa shape index (κ3) is 50.0. The normalized spacial score (nSPS) is 17.9. The number of carbonyl (C=O) groups excluding carboxylic acids is 4. The number of carbonyl (C=O) groups is 4. The van der Waals surface area contributed by atoms with Crippen molar-refractivity contribution in [1.29, 1.82) is 12.0 Å². The highest BCUT2D eigenvalue weighted by Gasteiger charge is 2.54. The van der Waals surface area contributed by atoms with Crippen LogP contribution in [-0.4, -0.2) is 182 Å². The molecule has 1 aromatic rings. The summed E-state index contributed by atoms with van der Waals surface area (Å²) in [5.41, 5.74) is 0.370. The number of unbranched alkanes of at least 4 members (excludes halogenated alkanes) is 45. The summed E-state index contributed by atoms with van der Waals surface area (Å²) in [6, 6.07) is 6.71. The third-order valence-electron chi connectivity index (χ3n) is 22.6. The molecule has 123 heavy (non-hydrogen) atoms. The van der Waals surface area contributed by atoms with Crippen molar-refractivity contribution < 1.29 is 86.0 Å². The average molecular weight is 1820 g/mol. The van der Waals surface area contributed by atoms with Crippen molar-refractivity contribution in [2.75, 3.05) is 86.8 Å². The number of nitrogens with one attached hydrogen (secondary N) is 1. The fourth-order valence-electron chi connectivity index (χ4n) is 15.3. The molecule has 1 aromatic carbocycles. The van der Waals surface area contributed by atoms with E-state index in [9.17, 15) is 24.4 Å². The average Bonchev–Trinajstić information content (AvgIpc) is 1.60. The van der Waals surface area contributed by atoms with E-state index in [1.165, 1.54) is 269 Å². The lowest BCUT2D eigenvalue weighted by molar-refractivity contribution is -0.150. The molecule has 0 aliphatic carbocycles. The Hall–Kier alpha value is -4.89. The smallest absolute Gasteiger partial charge is 0.327 e. The number of ether oxygens (including phenoxy) is 7. The van der Waals surface area contributed by atoms with Gasteiger partial charge in [-0.15, -0.1) is 0 Å². The number of guanidine groups is 1. The SMILES string of the molecule is [2H][2H].[3H]OCCC[C@H]1O[C@@H](N2C=NC3C(OP(C)(=S)OCCC#N)=NC(NC(=O)C(C)C)=NC32)[C@@H](OC)C1OP(=S)(OCCC#N)OCCOC(=O)CCC(=O)OCCN(C)C(=O)c1cc(OCCCCCCCCCCCCCCCCCC)c(OCCCCCCCCCCCCCCCCCC)c(OCCCCCCCCCCCCCCCCCC)c1.[3H][3H]. The molecule has 29 heteroatoms. The van der Waals surface area contributed by atoms with Crippen molar-refractivity contribution in [3.8, 4) is 29.4 Å². The summed E-state index contributed by atoms with van der Waals surface area (Å²) in [5, 5.41) is 26.1. The van der Waals surface area contributed by atoms with Crippen LogP contribution in [-0.2, 0) is 79.6 Å². The van der Waals surface area contributed by atoms with Crippen molar-refractivity contribution in [3.05, 3.63) is 17.7 Å². The first-order chi connectivity index (χ1) is 62.4. The largest absolute Gasteiger partial charge is 0.490 e. The molecular formula is C94H168N8O17P2S2. The van der Waals surface area contributed by atoms with Gasteiger partial charge in [-0.2, -0.15) is 15.5 Å². The molecule has 2 amide bonds. The number of hydrogen-bond acceptors (Lipinski definition) is 25. The van der Waals surface area contributed by atoms with Crippen molar-refractivity contribution in [2.45, 2.75) is 418 Å². The minimum Gasteiger partial charge on any atom is -0.490 e. The quantitative estimate of drug-likeness (QED) is 0.0348. The molecule has 0 bridgehead atoms. The topological polar surface area (TPSA) is 302 Å². The Morgan fingerprint density at radius 1 is 0.602 bits per heavy atom. The predicted octanol–water partition coefficient (Wildman–Crippen LogP) is 23.6. The molecule has 708 valence electrons. The van der Waals surface area contributed by atoms with E-state index in [1.807, 2.05) is 12.1 Å². The Balaban J connectivity index is 0.0000137. The van der Waals surface area contributed by atoms with Crippen molar-refractivity contribution >= 4 is 78.8 Å². The van der Waals surface area contributed by atoms with E-state index in [0.717, 1.165) is 57.8 Å². The molecule has 3 aliphatic rings. The fourth-order valence-corrected chi connectivity index (χ4v) is 18.8. The number of aliphatic imine (C=N–C) groups is 3. The first-order valence-electron chi connectivity index (χ1n) is 50.7. The second-order valence-corrected chi connectivity index (χ2v) is 40.8. The number of esters is 2. The molecule has 0 saturated carbocycles. The summed E-state index contributed by atoms with van der Waals surface area (Å²) in [7, 11) is 3.11. The van der Waals surface area contributed by atoms with Crippen LogP contribution < -0.4 is 19.5 Å². The minimum absolute atomic E-state index is 0.0252. The highest BCUT2D eigenvalue weighted by atomic mass is 32.5. The molecule has 8 atom stereocenters. The van der Waals surface area contributed by atoms with Crippen LogP contribution in [0.4, 0.5) is 0 Å². The van der Waals surface area contributed by atoms with Crippen LogP contribution in [0.1, 0.15) is 398 Å². The zero-order chi connectivity index (χ0) is 93.8. The van der Waals surface area contributed by atoms with Crippen LogP contribution in [0.5, 0.6) is 17.2 Å². The molecule has 25 nitrogen and oxygen atoms in total. The van der Waals surface area contributed by atoms with Gasteiger partial charge in [-0.1, -0.05) is 324 Å². The van der Waals surface area contributed by atoms with Crippen LogP contribution in [0.2, 0.25) is 0 Å². The van der Waals surface area contributed by atoms with E-state index < -0.39 is 67.8 Å². The van der Waals surface area contributed by atoms with E-state index >= 15 is 0 Å². The second-order valence-electron chi connectivity index (χ2n) is 33.8. The van der Waals surface area contributed by atoms with Crippen molar-refractivity contribution in [3.63, 3.8) is 0 Å². The molecule has 0 aromatic heterocycles. The number of amides is 2. The van der Waals surface area contributed by atoms with Crippen LogP contribution >= 0.6 is 13.2 Å². The molecule has 1 saturated heterocycles. The molecule has 4 rings (SSSR count). The standard InChI is InChI=1S/C94H164N8O17P2S2.2H2/c1-9-12-15-18-21-24-27-30-33-36-39-42-45-48-51-54-67-109-81-75-79(76-82(110-68-55-52-49-46-43-40-37-34-31-28-25-22-19-16-13-10-2)86(81)113-69-56-53-50-47-44-41-38-35-32-29-26-23-20-17-14-11-3)92(107)101(6)65-72-111-83(104)61-62-84(105)112-73-74-116-121(123,115-71-59-64-96)118-87-80(60-57-66-103)117-93(88(87)108-7)102-77-97-85-89(102)98-94(99-90(106)78(4)5)100-91(85)119-120(8,122)114-70-58-63-95;;/h75-78,80,85,87-89,93,103H,9-62,65-74H2,1-8H3,(H,98,99,106);2*1H/t80-,85?,87?,88+,89?,93-,120?,121?;;/m1../s1/i103T;1+2T;1+1D. The van der Waals surface area contributed by atoms with Crippen LogP contribution in [0.3, 0.4) is 0 Å². The summed E-state index contributed by atoms with van der Waals surface area (Å²) in [6.45, 7) is 5.60. The Morgan fingerprint density at radius 3 is 1.44 bits per heavy atom. The number of hydrogen-bond donors (Lipinski definition) is 2. The zero-order valence-electron chi connectivity index (χ0n) is 82.3. The van der Waals surface area contributed by atoms with Gasteiger partial charge in [-0.25, -0.2) is 4.99 Å². The minimum atomic E-state index is -3.86. The first-order valence-corrected chi connectivity index (χ1v) is 53.9. The predicted molar refractivity (Wildman–Crippen MR) is 504 cm³/mol. The Kier molecular flexibility index (Phi) is 60.7. The molecule has 0 spiro atoms. The number of fused-ring (bicyclic) bond motifs is 1. The maximum Gasteiger partial charge on any atom is 0.327 e. The van der Waals surface area contributed by atoms with E-state index in [0.29, 0.717) is 49.1 Å². The van der Waals surface area contributed by atoms with Crippen molar-refractivity contribution in [1.82, 2.24) is 15.1 Å². The number of nitriles is 2. The number of nitrogens with zero attached hydrogens (tertiary/aromatic N) is 7. The van der Waals surface area contributed by atoms with Gasteiger partial charge in [0, 0.05) is 44.8 Å². The molecule has 5 unspecified atom stereocenters. The molecule has 2 N–H and O–H groups in total. The lowest BCUT2D eigenvalue weighted by Gasteiger charge is -2.35. The maximum atomic E-state index is 14.6. The Labute approximate surface area is 760 Å². The van der Waals surface area contributed by atoms with Crippen molar-refractivity contribution in [2.24, 2.45) is 20.9 Å². The lowest BCUT2D eigenvalue weighted by atomic mass is 10.0. The van der Waals surface area contributed by atoms with E-state index in [4.69, 9.17) is 102 Å². The molecule has 0 radical (unpaired) electrons. The van der Waals surface area contributed by atoms with E-state index in [-0.39, 0.29) is 102 Å². The summed E-state index contributed by atoms with van der Waals surface area (Å²) in [4.78, 5) is 71.2. The third-order valence-corrected chi connectivity index (χ3v) is 26.7. The van der Waals surface area contributed by atoms with Gasteiger partial charge in [-0.3, -0.25) is 34.0 Å². The monoisotopic (exact) mass is 1820 g/mol. The van der Waals surface area contributed by atoms with Crippen LogP contribution in [0.25, 0.3) is 0 Å². The van der Waals surface area contributed by atoms with Crippen LogP contribution in [0.15, 0.2) is 27.1 Å².